The van der Waals surface area contributed by atoms with Gasteiger partial charge in [0.1, 0.15) is 5.75 Å². The number of nitrogens with two attached hydrogens (primary N) is 1. The Hall–Kier alpha value is -1.55. The molecule has 2 N–H and O–H groups in total. The normalized spacial score (nSPS) is 10.4. The van der Waals surface area contributed by atoms with Crippen LogP contribution in [0.4, 0.5) is 5.69 Å². The first-order chi connectivity index (χ1) is 6.76. The van der Waals surface area contributed by atoms with Gasteiger partial charge in [-0.2, -0.15) is 0 Å². The van der Waals surface area contributed by atoms with Crippen molar-refractivity contribution in [1.29, 1.82) is 0 Å². The molecule has 0 aliphatic heterocycles. The summed E-state index contributed by atoms with van der Waals surface area (Å²) < 4.78 is 6.10. The summed E-state index contributed by atoms with van der Waals surface area (Å²) in [6, 6.07) is 3.62. The number of benzene rings is 1. The van der Waals surface area contributed by atoms with Crippen molar-refractivity contribution in [3.05, 3.63) is 23.1 Å². The molecule has 2 rings (SSSR count). The first-order valence-electron chi connectivity index (χ1n) is 4.06. The van der Waals surface area contributed by atoms with Crippen LogP contribution in [-0.2, 0) is 0 Å². The smallest absolute Gasteiger partial charge is 0.151 e. The lowest BCUT2D eigenvalue weighted by Gasteiger charge is -2.03. The van der Waals surface area contributed by atoms with Crippen molar-refractivity contribution < 1.29 is 9.53 Å². The first kappa shape index (κ1) is 9.02. The van der Waals surface area contributed by atoms with Gasteiger partial charge in [-0.1, -0.05) is 0 Å². The second kappa shape index (κ2) is 3.31. The maximum atomic E-state index is 10.7. The Labute approximate surface area is 85.1 Å². The lowest BCUT2D eigenvalue weighted by molar-refractivity contribution is 0.112. The standard InChI is InChI=1S/C10H9NO2S/c1-13-9-3-10-7(2-8(9)11)6(4-12)5-14-10/h2-5H,11H2,1H3. The molecule has 0 aliphatic rings. The van der Waals surface area contributed by atoms with Crippen molar-refractivity contribution in [2.24, 2.45) is 0 Å². The Kier molecular flexibility index (Phi) is 2.13. The number of carbonyl (C=O) groups is 1. The largest absolute Gasteiger partial charge is 0.495 e. The third-order valence-corrected chi connectivity index (χ3v) is 3.05. The fraction of sp³-hybridized carbons (Fsp3) is 0.100. The predicted octanol–water partition coefficient (Wildman–Crippen LogP) is 2.30. The minimum atomic E-state index is 0.557. The van der Waals surface area contributed by atoms with Gasteiger partial charge in [0.25, 0.3) is 0 Å². The molecule has 4 heteroatoms. The number of thiophene rings is 1. The summed E-state index contributed by atoms with van der Waals surface area (Å²) in [5, 5.41) is 2.71. The van der Waals surface area contributed by atoms with Crippen LogP contribution < -0.4 is 10.5 Å². The van der Waals surface area contributed by atoms with Gasteiger partial charge in [0.2, 0.25) is 0 Å². The van der Waals surface area contributed by atoms with Crippen molar-refractivity contribution in [1.82, 2.24) is 0 Å². The van der Waals surface area contributed by atoms with Gasteiger partial charge in [0.05, 0.1) is 12.8 Å². The van der Waals surface area contributed by atoms with Gasteiger partial charge in [0, 0.05) is 27.1 Å². The van der Waals surface area contributed by atoms with Crippen LogP contribution in [0.3, 0.4) is 0 Å². The number of methoxy groups -OCH3 is 1. The van der Waals surface area contributed by atoms with E-state index in [2.05, 4.69) is 0 Å². The van der Waals surface area contributed by atoms with Crippen molar-refractivity contribution in [2.75, 3.05) is 12.8 Å². The molecule has 1 aromatic heterocycles. The molecule has 0 bridgehead atoms. The molecule has 14 heavy (non-hydrogen) atoms. The molecule has 0 atom stereocenters. The zero-order chi connectivity index (χ0) is 10.1. The predicted molar refractivity (Wildman–Crippen MR) is 58.2 cm³/mol. The highest BCUT2D eigenvalue weighted by molar-refractivity contribution is 7.17. The van der Waals surface area contributed by atoms with Gasteiger partial charge in [-0.05, 0) is 6.07 Å². The summed E-state index contributed by atoms with van der Waals surface area (Å²) in [5.41, 5.74) is 6.98. The van der Waals surface area contributed by atoms with Crippen molar-refractivity contribution in [3.8, 4) is 5.75 Å². The summed E-state index contributed by atoms with van der Waals surface area (Å²) >= 11 is 1.51. The Morgan fingerprint density at radius 1 is 1.50 bits per heavy atom. The van der Waals surface area contributed by atoms with E-state index in [1.165, 1.54) is 11.3 Å². The number of hydrogen-bond acceptors (Lipinski definition) is 4. The van der Waals surface area contributed by atoms with Crippen LogP contribution in [0.2, 0.25) is 0 Å². The Morgan fingerprint density at radius 3 is 2.93 bits per heavy atom. The topological polar surface area (TPSA) is 52.3 Å². The molecule has 0 saturated heterocycles. The SMILES string of the molecule is COc1cc2scc(C=O)c2cc1N. The Morgan fingerprint density at radius 2 is 2.29 bits per heavy atom. The third-order valence-electron chi connectivity index (χ3n) is 2.08. The number of carbonyl (C=O) groups excluding carboxylic acids is 1. The summed E-state index contributed by atoms with van der Waals surface area (Å²) in [4.78, 5) is 10.7. The first-order valence-corrected chi connectivity index (χ1v) is 4.94. The number of aldehydes is 1. The summed E-state index contributed by atoms with van der Waals surface area (Å²) in [6.07, 6.45) is 0.838. The van der Waals surface area contributed by atoms with Crippen LogP contribution in [-0.4, -0.2) is 13.4 Å². The number of nitrogen functional groups attached to an aromatic ring is 1. The lowest BCUT2D eigenvalue weighted by atomic mass is 10.1. The van der Waals surface area contributed by atoms with E-state index < -0.39 is 0 Å². The average Bonchev–Trinajstić information content (AvgIpc) is 2.58. The van der Waals surface area contributed by atoms with E-state index >= 15 is 0 Å². The molecule has 0 unspecified atom stereocenters. The summed E-state index contributed by atoms with van der Waals surface area (Å²) in [6.45, 7) is 0. The molecular weight excluding hydrogens is 198 g/mol. The van der Waals surface area contributed by atoms with Crippen LogP contribution in [0, 0.1) is 0 Å². The van der Waals surface area contributed by atoms with E-state index in [1.807, 2.05) is 11.4 Å². The van der Waals surface area contributed by atoms with Crippen molar-refractivity contribution in [2.45, 2.75) is 0 Å². The number of ether oxygens (including phenoxy) is 1. The highest BCUT2D eigenvalue weighted by atomic mass is 32.1. The minimum Gasteiger partial charge on any atom is -0.495 e. The highest BCUT2D eigenvalue weighted by Crippen LogP contribution is 2.33. The molecule has 0 fully saturated rings. The van der Waals surface area contributed by atoms with E-state index in [4.69, 9.17) is 10.5 Å². The molecule has 0 saturated carbocycles. The summed E-state index contributed by atoms with van der Waals surface area (Å²) in [7, 11) is 1.58. The van der Waals surface area contributed by atoms with Crippen LogP contribution >= 0.6 is 11.3 Å². The molecule has 0 spiro atoms. The van der Waals surface area contributed by atoms with Gasteiger partial charge in [-0.25, -0.2) is 0 Å². The molecular formula is C10H9NO2S. The number of anilines is 1. The fourth-order valence-corrected chi connectivity index (χ4v) is 2.27. The highest BCUT2D eigenvalue weighted by Gasteiger charge is 2.07. The maximum Gasteiger partial charge on any atom is 0.151 e. The van der Waals surface area contributed by atoms with Crippen LogP contribution in [0.5, 0.6) is 5.75 Å². The molecule has 3 nitrogen and oxygen atoms in total. The third kappa shape index (κ3) is 1.24. The van der Waals surface area contributed by atoms with Gasteiger partial charge < -0.3 is 10.5 Å². The number of fused-ring (bicyclic) bond motifs is 1. The van der Waals surface area contributed by atoms with Crippen LogP contribution in [0.25, 0.3) is 10.1 Å². The van der Waals surface area contributed by atoms with Gasteiger partial charge >= 0.3 is 0 Å². The summed E-state index contributed by atoms with van der Waals surface area (Å²) in [5.74, 6) is 0.650. The molecule has 1 heterocycles. The van der Waals surface area contributed by atoms with Gasteiger partial charge in [-0.3, -0.25) is 4.79 Å². The monoisotopic (exact) mass is 207 g/mol. The minimum absolute atomic E-state index is 0.557. The fourth-order valence-electron chi connectivity index (χ4n) is 1.36. The van der Waals surface area contributed by atoms with E-state index in [9.17, 15) is 4.79 Å². The van der Waals surface area contributed by atoms with E-state index in [0.29, 0.717) is 17.0 Å². The van der Waals surface area contributed by atoms with Crippen LogP contribution in [0.1, 0.15) is 10.4 Å². The second-order valence-electron chi connectivity index (χ2n) is 2.90. The molecule has 0 radical (unpaired) electrons. The number of hydrogen-bond donors (Lipinski definition) is 1. The zero-order valence-electron chi connectivity index (χ0n) is 7.61. The zero-order valence-corrected chi connectivity index (χ0v) is 8.43. The van der Waals surface area contributed by atoms with E-state index in [0.717, 1.165) is 16.4 Å². The average molecular weight is 207 g/mol. The second-order valence-corrected chi connectivity index (χ2v) is 3.81. The number of rotatable bonds is 2. The molecule has 0 amide bonds. The van der Waals surface area contributed by atoms with Crippen LogP contribution in [0.15, 0.2) is 17.5 Å². The molecule has 1 aromatic carbocycles. The lowest BCUT2D eigenvalue weighted by Crippen LogP contribution is -1.91. The quantitative estimate of drug-likeness (QED) is 0.607. The molecule has 72 valence electrons. The van der Waals surface area contributed by atoms with Gasteiger partial charge in [-0.15, -0.1) is 11.3 Å². The van der Waals surface area contributed by atoms with Crippen molar-refractivity contribution in [3.63, 3.8) is 0 Å². The Bertz CT molecular complexity index is 490. The molecule has 0 aliphatic carbocycles. The molecule has 2 aromatic rings. The maximum absolute atomic E-state index is 10.7. The van der Waals surface area contributed by atoms with Crippen molar-refractivity contribution >= 4 is 33.4 Å². The van der Waals surface area contributed by atoms with Gasteiger partial charge in [0.15, 0.2) is 6.29 Å². The van der Waals surface area contributed by atoms with E-state index in [-0.39, 0.29) is 0 Å². The van der Waals surface area contributed by atoms with E-state index in [1.54, 1.807) is 13.2 Å². The Balaban J connectivity index is 2.75.